The number of carbonyl (C=O) groups excluding carboxylic acids is 1. The molecular weight excluding hydrogens is 226 g/mol. The summed E-state index contributed by atoms with van der Waals surface area (Å²) in [6.07, 6.45) is 1.71. The van der Waals surface area contributed by atoms with Crippen LogP contribution >= 0.6 is 0 Å². The minimum absolute atomic E-state index is 0.00269. The van der Waals surface area contributed by atoms with E-state index < -0.39 is 0 Å². The monoisotopic (exact) mass is 243 g/mol. The lowest BCUT2D eigenvalue weighted by Crippen LogP contribution is -2.43. The Hall–Kier alpha value is -2.02. The van der Waals surface area contributed by atoms with Crippen LogP contribution in [0.25, 0.3) is 0 Å². The fraction of sp³-hybridized carbons (Fsp3) is 0.429. The molecule has 18 heavy (non-hydrogen) atoms. The van der Waals surface area contributed by atoms with Gasteiger partial charge in [0, 0.05) is 12.2 Å². The molecule has 0 bridgehead atoms. The summed E-state index contributed by atoms with van der Waals surface area (Å²) in [5.41, 5.74) is 0.922. The second-order valence-corrected chi connectivity index (χ2v) is 4.55. The molecule has 1 amide bonds. The third-order valence-electron chi connectivity index (χ3n) is 3.21. The molecule has 0 radical (unpaired) electrons. The smallest absolute Gasteiger partial charge is 0.245 e. The van der Waals surface area contributed by atoms with Crippen molar-refractivity contribution in [3.63, 3.8) is 0 Å². The van der Waals surface area contributed by atoms with E-state index in [1.807, 2.05) is 37.3 Å². The Balaban J connectivity index is 1.99. The number of anilines is 1. The third kappa shape index (κ3) is 2.62. The molecule has 1 N–H and O–H groups in total. The Bertz CT molecular complexity index is 452. The summed E-state index contributed by atoms with van der Waals surface area (Å²) in [6, 6.07) is 11.3. The van der Waals surface area contributed by atoms with Gasteiger partial charge in [0.05, 0.1) is 6.07 Å². The van der Waals surface area contributed by atoms with Gasteiger partial charge in [0.1, 0.15) is 12.1 Å². The van der Waals surface area contributed by atoms with Crippen LogP contribution in [-0.4, -0.2) is 29.4 Å². The van der Waals surface area contributed by atoms with Crippen molar-refractivity contribution in [3.8, 4) is 6.07 Å². The molecule has 2 rings (SSSR count). The fourth-order valence-corrected chi connectivity index (χ4v) is 2.26. The lowest BCUT2D eigenvalue weighted by molar-refractivity contribution is -0.131. The van der Waals surface area contributed by atoms with Gasteiger partial charge in [0.25, 0.3) is 0 Å². The van der Waals surface area contributed by atoms with Gasteiger partial charge in [-0.05, 0) is 31.9 Å². The lowest BCUT2D eigenvalue weighted by Gasteiger charge is -2.24. The van der Waals surface area contributed by atoms with E-state index in [0.29, 0.717) is 6.54 Å². The Morgan fingerprint density at radius 1 is 1.50 bits per heavy atom. The van der Waals surface area contributed by atoms with Crippen molar-refractivity contribution in [1.82, 2.24) is 4.90 Å². The number of nitrogens with one attached hydrogen (secondary N) is 1. The van der Waals surface area contributed by atoms with Crippen LogP contribution in [0.5, 0.6) is 0 Å². The second kappa shape index (κ2) is 5.54. The van der Waals surface area contributed by atoms with E-state index in [9.17, 15) is 4.79 Å². The van der Waals surface area contributed by atoms with Crippen molar-refractivity contribution in [2.45, 2.75) is 31.8 Å². The number of carbonyl (C=O) groups is 1. The van der Waals surface area contributed by atoms with E-state index in [-0.39, 0.29) is 18.0 Å². The molecule has 4 heteroatoms. The first-order valence-corrected chi connectivity index (χ1v) is 6.24. The predicted octanol–water partition coefficient (Wildman–Crippen LogP) is 2.00. The Labute approximate surface area is 107 Å². The summed E-state index contributed by atoms with van der Waals surface area (Å²) in [4.78, 5) is 13.9. The van der Waals surface area contributed by atoms with E-state index >= 15 is 0 Å². The zero-order chi connectivity index (χ0) is 13.0. The summed E-state index contributed by atoms with van der Waals surface area (Å²) in [5, 5.41) is 12.2. The Morgan fingerprint density at radius 3 is 2.89 bits per heavy atom. The van der Waals surface area contributed by atoms with E-state index in [2.05, 4.69) is 11.4 Å². The van der Waals surface area contributed by atoms with Crippen LogP contribution in [0, 0.1) is 11.3 Å². The molecule has 1 saturated heterocycles. The second-order valence-electron chi connectivity index (χ2n) is 4.55. The van der Waals surface area contributed by atoms with Gasteiger partial charge < -0.3 is 10.2 Å². The highest BCUT2D eigenvalue weighted by molar-refractivity contribution is 5.85. The predicted molar refractivity (Wildman–Crippen MR) is 69.9 cm³/mol. The molecule has 1 aromatic rings. The number of amides is 1. The molecule has 1 aliphatic rings. The molecule has 0 aliphatic carbocycles. The van der Waals surface area contributed by atoms with Gasteiger partial charge in [-0.2, -0.15) is 5.26 Å². The van der Waals surface area contributed by atoms with Crippen molar-refractivity contribution in [1.29, 1.82) is 5.26 Å². The molecule has 1 aliphatic heterocycles. The number of nitrogens with zero attached hydrogens (tertiary/aromatic N) is 2. The van der Waals surface area contributed by atoms with Gasteiger partial charge >= 0.3 is 0 Å². The van der Waals surface area contributed by atoms with Crippen LogP contribution in [0.15, 0.2) is 30.3 Å². The Morgan fingerprint density at radius 2 is 2.22 bits per heavy atom. The van der Waals surface area contributed by atoms with Crippen molar-refractivity contribution >= 4 is 11.6 Å². The lowest BCUT2D eigenvalue weighted by atomic mass is 10.2. The first kappa shape index (κ1) is 12.4. The number of rotatable bonds is 3. The standard InChI is InChI=1S/C14H17N3O/c1-11(16-12-6-3-2-4-7-12)14(18)17-9-5-8-13(17)10-15/h2-4,6-7,11,13,16H,5,8-9H2,1H3/t11?,13-/m0/s1. The zero-order valence-corrected chi connectivity index (χ0v) is 10.5. The summed E-state index contributed by atoms with van der Waals surface area (Å²) in [5.74, 6) is 0.00269. The fourth-order valence-electron chi connectivity index (χ4n) is 2.26. The molecule has 0 saturated carbocycles. The van der Waals surface area contributed by atoms with Gasteiger partial charge in [-0.25, -0.2) is 0 Å². The van der Waals surface area contributed by atoms with Gasteiger partial charge in [0.15, 0.2) is 0 Å². The maximum absolute atomic E-state index is 12.2. The van der Waals surface area contributed by atoms with Crippen molar-refractivity contribution in [3.05, 3.63) is 30.3 Å². The topological polar surface area (TPSA) is 56.1 Å². The quantitative estimate of drug-likeness (QED) is 0.883. The van der Waals surface area contributed by atoms with Gasteiger partial charge in [-0.15, -0.1) is 0 Å². The maximum atomic E-state index is 12.2. The SMILES string of the molecule is CC(Nc1ccccc1)C(=O)N1CCC[C@H]1C#N. The highest BCUT2D eigenvalue weighted by Crippen LogP contribution is 2.18. The average Bonchev–Trinajstić information content (AvgIpc) is 2.87. The van der Waals surface area contributed by atoms with Crippen molar-refractivity contribution < 1.29 is 4.79 Å². The minimum atomic E-state index is -0.304. The number of para-hydroxylation sites is 1. The molecule has 4 nitrogen and oxygen atoms in total. The van der Waals surface area contributed by atoms with Gasteiger partial charge in [0.2, 0.25) is 5.91 Å². The van der Waals surface area contributed by atoms with Crippen LogP contribution < -0.4 is 5.32 Å². The molecule has 1 heterocycles. The number of likely N-dealkylation sites (tertiary alicyclic amines) is 1. The summed E-state index contributed by atoms with van der Waals surface area (Å²) in [6.45, 7) is 2.53. The van der Waals surface area contributed by atoms with Crippen LogP contribution in [0.3, 0.4) is 0 Å². The average molecular weight is 243 g/mol. The number of hydrogen-bond donors (Lipinski definition) is 1. The first-order valence-electron chi connectivity index (χ1n) is 6.24. The zero-order valence-electron chi connectivity index (χ0n) is 10.5. The van der Waals surface area contributed by atoms with E-state index in [1.54, 1.807) is 4.90 Å². The molecule has 1 aromatic carbocycles. The number of nitriles is 1. The largest absolute Gasteiger partial charge is 0.374 e. The van der Waals surface area contributed by atoms with Crippen LogP contribution in [-0.2, 0) is 4.79 Å². The van der Waals surface area contributed by atoms with Crippen molar-refractivity contribution in [2.24, 2.45) is 0 Å². The highest BCUT2D eigenvalue weighted by Gasteiger charge is 2.31. The summed E-state index contributed by atoms with van der Waals surface area (Å²) < 4.78 is 0. The normalized spacial score (nSPS) is 20.2. The molecule has 2 atom stereocenters. The molecule has 0 spiro atoms. The third-order valence-corrected chi connectivity index (χ3v) is 3.21. The molecule has 94 valence electrons. The van der Waals surface area contributed by atoms with E-state index in [4.69, 9.17) is 5.26 Å². The highest BCUT2D eigenvalue weighted by atomic mass is 16.2. The molecule has 0 aromatic heterocycles. The number of benzene rings is 1. The van der Waals surface area contributed by atoms with Crippen LogP contribution in [0.1, 0.15) is 19.8 Å². The molecular formula is C14H17N3O. The van der Waals surface area contributed by atoms with Crippen LogP contribution in [0.2, 0.25) is 0 Å². The van der Waals surface area contributed by atoms with E-state index in [1.165, 1.54) is 0 Å². The summed E-state index contributed by atoms with van der Waals surface area (Å²) >= 11 is 0. The molecule has 1 fully saturated rings. The molecule has 1 unspecified atom stereocenters. The first-order chi connectivity index (χ1) is 8.72. The van der Waals surface area contributed by atoms with Gasteiger partial charge in [-0.1, -0.05) is 18.2 Å². The van der Waals surface area contributed by atoms with Gasteiger partial charge in [-0.3, -0.25) is 4.79 Å². The van der Waals surface area contributed by atoms with E-state index in [0.717, 1.165) is 18.5 Å². The minimum Gasteiger partial charge on any atom is -0.374 e. The van der Waals surface area contributed by atoms with Crippen molar-refractivity contribution in [2.75, 3.05) is 11.9 Å². The Kier molecular flexibility index (Phi) is 3.83. The summed E-state index contributed by atoms with van der Waals surface area (Å²) in [7, 11) is 0. The maximum Gasteiger partial charge on any atom is 0.245 e. The number of hydrogen-bond acceptors (Lipinski definition) is 3. The van der Waals surface area contributed by atoms with Crippen LogP contribution in [0.4, 0.5) is 5.69 Å².